The van der Waals surface area contributed by atoms with Crippen molar-refractivity contribution in [1.29, 1.82) is 0 Å². The van der Waals surface area contributed by atoms with Gasteiger partial charge in [-0.05, 0) is 18.1 Å². The number of hydrogen-bond donors (Lipinski definition) is 0. The fraction of sp³-hybridized carbons (Fsp3) is 1.00. The first-order valence-corrected chi connectivity index (χ1v) is 12.6. The van der Waals surface area contributed by atoms with E-state index in [2.05, 4.69) is 20.8 Å². The Labute approximate surface area is 134 Å². The minimum atomic E-state index is -2.94. The van der Waals surface area contributed by atoms with E-state index >= 15 is 0 Å². The molecule has 0 aromatic rings. The van der Waals surface area contributed by atoms with Crippen LogP contribution in [0.3, 0.4) is 0 Å². The molecule has 0 aromatic carbocycles. The predicted molar refractivity (Wildman–Crippen MR) is 92.8 cm³/mol. The summed E-state index contributed by atoms with van der Waals surface area (Å²) in [6.07, 6.45) is 7.29. The van der Waals surface area contributed by atoms with Crippen molar-refractivity contribution in [2.24, 2.45) is 0 Å². The third-order valence-electron chi connectivity index (χ3n) is 4.05. The van der Waals surface area contributed by atoms with Crippen LogP contribution in [0.1, 0.15) is 59.3 Å². The van der Waals surface area contributed by atoms with Crippen molar-refractivity contribution in [3.8, 4) is 0 Å². The summed E-state index contributed by atoms with van der Waals surface area (Å²) >= 11 is 0. The van der Waals surface area contributed by atoms with Crippen LogP contribution in [-0.2, 0) is 17.4 Å². The van der Waals surface area contributed by atoms with Crippen molar-refractivity contribution in [1.82, 2.24) is 0 Å². The molecule has 0 aliphatic carbocycles. The Morgan fingerprint density at radius 2 is 0.952 bits per heavy atom. The highest BCUT2D eigenvalue weighted by Gasteiger charge is 2.50. The summed E-state index contributed by atoms with van der Waals surface area (Å²) in [5.74, 6) is 0. The maximum absolute atomic E-state index is 6.59. The van der Waals surface area contributed by atoms with Crippen molar-refractivity contribution in [3.63, 3.8) is 0 Å². The molecule has 0 saturated heterocycles. The summed E-state index contributed by atoms with van der Waals surface area (Å²) < 4.78 is 23.2. The maximum atomic E-state index is 6.59. The van der Waals surface area contributed by atoms with Crippen molar-refractivity contribution >= 4 is 17.4 Å². The Hall–Kier alpha value is 0.274. The second-order valence-corrected chi connectivity index (χ2v) is 12.6. The zero-order chi connectivity index (χ0) is 16.2. The number of hydrogen-bond acceptors (Lipinski definition) is 4. The van der Waals surface area contributed by atoms with Gasteiger partial charge in [0.1, 0.15) is 0 Å². The maximum Gasteiger partial charge on any atom is 0.668 e. The van der Waals surface area contributed by atoms with Crippen LogP contribution in [0.2, 0.25) is 18.1 Å². The van der Waals surface area contributed by atoms with Crippen LogP contribution in [0.4, 0.5) is 0 Å². The molecule has 21 heavy (non-hydrogen) atoms. The average molecular weight is 337 g/mol. The lowest BCUT2D eigenvalue weighted by Gasteiger charge is -2.38. The minimum Gasteiger partial charge on any atom is -0.393 e. The molecule has 0 fully saturated rings. The molecule has 4 nitrogen and oxygen atoms in total. The van der Waals surface area contributed by atoms with Crippen LogP contribution in [0.25, 0.3) is 0 Å². The molecule has 0 bridgehead atoms. The van der Waals surface area contributed by atoms with Gasteiger partial charge in [-0.15, -0.1) is 0 Å². The molecule has 0 aliphatic heterocycles. The molecule has 128 valence electrons. The van der Waals surface area contributed by atoms with E-state index in [4.69, 9.17) is 17.4 Å². The van der Waals surface area contributed by atoms with Crippen molar-refractivity contribution in [3.05, 3.63) is 0 Å². The second kappa shape index (κ2) is 11.8. The van der Waals surface area contributed by atoms with Crippen LogP contribution in [0.5, 0.6) is 0 Å². The van der Waals surface area contributed by atoms with Gasteiger partial charge >= 0.3 is 9.05 Å². The summed E-state index contributed by atoms with van der Waals surface area (Å²) in [5.41, 5.74) is 0. The molecule has 6 heteroatoms. The summed E-state index contributed by atoms with van der Waals surface area (Å²) in [4.78, 5) is 0. The highest BCUT2D eigenvalue weighted by molar-refractivity contribution is 6.80. The second-order valence-electron chi connectivity index (χ2n) is 5.71. The Morgan fingerprint density at radius 1 is 0.619 bits per heavy atom. The van der Waals surface area contributed by atoms with E-state index in [1.165, 1.54) is 56.7 Å². The summed E-state index contributed by atoms with van der Waals surface area (Å²) in [7, 11) is 0.0991. The van der Waals surface area contributed by atoms with Gasteiger partial charge in [-0.2, -0.15) is 0 Å². The topological polar surface area (TPSA) is 36.9 Å². The van der Waals surface area contributed by atoms with Crippen LogP contribution in [-0.4, -0.2) is 38.7 Å². The first-order valence-electron chi connectivity index (χ1n) is 8.43. The Kier molecular flexibility index (Phi) is 11.9. The highest BCUT2D eigenvalue weighted by atomic mass is 28.5. The van der Waals surface area contributed by atoms with E-state index in [-0.39, 0.29) is 0 Å². The van der Waals surface area contributed by atoms with E-state index < -0.39 is 17.4 Å². The fourth-order valence-electron chi connectivity index (χ4n) is 2.67. The molecule has 0 atom stereocenters. The quantitative estimate of drug-likeness (QED) is 0.430. The molecule has 0 rings (SSSR count). The van der Waals surface area contributed by atoms with E-state index in [1.54, 1.807) is 21.3 Å². The van der Waals surface area contributed by atoms with E-state index in [0.717, 1.165) is 0 Å². The lowest BCUT2D eigenvalue weighted by atomic mass is 10.4. The van der Waals surface area contributed by atoms with Gasteiger partial charge in [-0.1, -0.05) is 59.3 Å². The van der Waals surface area contributed by atoms with Gasteiger partial charge in [-0.25, -0.2) is 0 Å². The predicted octanol–water partition coefficient (Wildman–Crippen LogP) is 4.72. The van der Waals surface area contributed by atoms with Gasteiger partial charge in [0, 0.05) is 21.3 Å². The molecule has 0 aromatic heterocycles. The normalized spacial score (nSPS) is 12.9. The number of rotatable bonds is 14. The minimum absolute atomic E-state index is 1.19. The molecule has 0 radical (unpaired) electrons. The summed E-state index contributed by atoms with van der Waals surface area (Å²) in [5, 5.41) is 0. The number of unbranched alkanes of at least 4 members (excludes halogenated alkanes) is 3. The first-order chi connectivity index (χ1) is 10.1. The lowest BCUT2D eigenvalue weighted by molar-refractivity contribution is 0.0464. The van der Waals surface area contributed by atoms with Crippen molar-refractivity contribution < 1.29 is 17.4 Å². The lowest BCUT2D eigenvalue weighted by Crippen LogP contribution is -2.56. The first kappa shape index (κ1) is 21.3. The van der Waals surface area contributed by atoms with Crippen molar-refractivity contribution in [2.45, 2.75) is 77.4 Å². The van der Waals surface area contributed by atoms with Gasteiger partial charge in [-0.3, -0.25) is 0 Å². The molecular weight excluding hydrogens is 300 g/mol. The Balaban J connectivity index is 5.17. The summed E-state index contributed by atoms with van der Waals surface area (Å²) in [6.45, 7) is 6.73. The molecule has 0 N–H and O–H groups in total. The standard InChI is InChI=1S/C15H36O4Si2/c1-7-10-13-20(14-11-8-2,15-12-9-3)19-21(16-4,17-5)18-6/h7-15H2,1-6H3. The summed E-state index contributed by atoms with van der Waals surface area (Å²) in [6, 6.07) is 3.57. The van der Waals surface area contributed by atoms with Gasteiger partial charge < -0.3 is 17.4 Å². The molecule has 0 spiro atoms. The third-order valence-corrected chi connectivity index (χ3v) is 12.1. The zero-order valence-corrected chi connectivity index (χ0v) is 17.0. The molecular formula is C15H36O4Si2. The Bertz CT molecular complexity index is 218. The van der Waals surface area contributed by atoms with Crippen LogP contribution >= 0.6 is 0 Å². The van der Waals surface area contributed by atoms with Crippen LogP contribution in [0.15, 0.2) is 0 Å². The molecule has 0 aliphatic rings. The van der Waals surface area contributed by atoms with Crippen molar-refractivity contribution in [2.75, 3.05) is 21.3 Å². The van der Waals surface area contributed by atoms with E-state index in [1.807, 2.05) is 0 Å². The molecule has 0 unspecified atom stereocenters. The van der Waals surface area contributed by atoms with Gasteiger partial charge in [0.25, 0.3) is 0 Å². The molecule has 0 saturated carbocycles. The Morgan fingerprint density at radius 3 is 1.19 bits per heavy atom. The third kappa shape index (κ3) is 7.39. The largest absolute Gasteiger partial charge is 0.668 e. The molecule has 0 amide bonds. The van der Waals surface area contributed by atoms with Crippen LogP contribution < -0.4 is 0 Å². The monoisotopic (exact) mass is 336 g/mol. The zero-order valence-electron chi connectivity index (χ0n) is 15.0. The fourth-order valence-corrected chi connectivity index (χ4v) is 11.3. The highest BCUT2D eigenvalue weighted by Crippen LogP contribution is 2.33. The SMILES string of the molecule is CCCC[Si](CCCC)(CCCC)O[Si](OC)(OC)OC. The van der Waals surface area contributed by atoms with E-state index in [0.29, 0.717) is 0 Å². The van der Waals surface area contributed by atoms with E-state index in [9.17, 15) is 0 Å². The van der Waals surface area contributed by atoms with Crippen LogP contribution in [0, 0.1) is 0 Å². The van der Waals surface area contributed by atoms with Gasteiger partial charge in [0.2, 0.25) is 0 Å². The van der Waals surface area contributed by atoms with Gasteiger partial charge in [0.15, 0.2) is 8.32 Å². The molecule has 0 heterocycles. The average Bonchev–Trinajstić information content (AvgIpc) is 2.54. The van der Waals surface area contributed by atoms with Gasteiger partial charge in [0.05, 0.1) is 0 Å². The smallest absolute Gasteiger partial charge is 0.393 e.